The first-order valence-corrected chi connectivity index (χ1v) is 10.4. The standard InChI is InChI=1S/C25H18F3N5O/c1-15-5-4-8-20(30-15)23-24(21-14-29-18-6-2-3-7-19(18)31-21)33-22(32-23)13-16-9-11-17(12-10-16)34-25(26,27)28/h2-12,14H,13H2,1H3,(H,32,33). The van der Waals surface area contributed by atoms with Gasteiger partial charge < -0.3 is 9.72 Å². The van der Waals surface area contributed by atoms with Gasteiger partial charge in [0, 0.05) is 12.1 Å². The second-order valence-electron chi connectivity index (χ2n) is 7.68. The van der Waals surface area contributed by atoms with Crippen LogP contribution in [0.1, 0.15) is 17.1 Å². The average Bonchev–Trinajstić information content (AvgIpc) is 3.23. The van der Waals surface area contributed by atoms with E-state index in [0.717, 1.165) is 22.3 Å². The number of H-pyrrole nitrogens is 1. The maximum Gasteiger partial charge on any atom is 0.573 e. The maximum atomic E-state index is 12.4. The molecule has 0 atom stereocenters. The van der Waals surface area contributed by atoms with Crippen LogP contribution in [0.2, 0.25) is 0 Å². The first-order chi connectivity index (χ1) is 16.3. The molecule has 34 heavy (non-hydrogen) atoms. The molecule has 5 rings (SSSR count). The van der Waals surface area contributed by atoms with Crippen LogP contribution in [-0.2, 0) is 6.42 Å². The highest BCUT2D eigenvalue weighted by Crippen LogP contribution is 2.30. The number of benzene rings is 2. The zero-order chi connectivity index (χ0) is 23.7. The Morgan fingerprint density at radius 1 is 0.824 bits per heavy atom. The monoisotopic (exact) mass is 461 g/mol. The van der Waals surface area contributed by atoms with Crippen LogP contribution in [0.3, 0.4) is 0 Å². The van der Waals surface area contributed by atoms with Gasteiger partial charge in [-0.15, -0.1) is 13.2 Å². The molecule has 0 aliphatic rings. The van der Waals surface area contributed by atoms with Crippen LogP contribution in [0, 0.1) is 6.92 Å². The van der Waals surface area contributed by atoms with E-state index in [-0.39, 0.29) is 5.75 Å². The molecule has 3 aromatic heterocycles. The van der Waals surface area contributed by atoms with Gasteiger partial charge in [0.1, 0.15) is 23.0 Å². The quantitative estimate of drug-likeness (QED) is 0.354. The molecule has 0 radical (unpaired) electrons. The van der Waals surface area contributed by atoms with Crippen molar-refractivity contribution in [2.45, 2.75) is 19.7 Å². The predicted octanol–water partition coefficient (Wildman–Crippen LogP) is 5.88. The van der Waals surface area contributed by atoms with Crippen molar-refractivity contribution in [3.63, 3.8) is 0 Å². The van der Waals surface area contributed by atoms with E-state index in [4.69, 9.17) is 9.97 Å². The van der Waals surface area contributed by atoms with Crippen LogP contribution in [0.4, 0.5) is 13.2 Å². The van der Waals surface area contributed by atoms with Gasteiger partial charge in [0.05, 0.1) is 28.6 Å². The highest BCUT2D eigenvalue weighted by atomic mass is 19.4. The van der Waals surface area contributed by atoms with Crippen molar-refractivity contribution < 1.29 is 17.9 Å². The number of aromatic nitrogens is 5. The highest BCUT2D eigenvalue weighted by molar-refractivity contribution is 5.80. The fourth-order valence-electron chi connectivity index (χ4n) is 3.63. The lowest BCUT2D eigenvalue weighted by molar-refractivity contribution is -0.274. The van der Waals surface area contributed by atoms with E-state index in [1.54, 1.807) is 18.3 Å². The Kier molecular flexibility index (Phi) is 5.45. The molecule has 6 nitrogen and oxygen atoms in total. The molecule has 0 unspecified atom stereocenters. The smallest absolute Gasteiger partial charge is 0.406 e. The topological polar surface area (TPSA) is 76.6 Å². The van der Waals surface area contributed by atoms with Crippen molar-refractivity contribution in [3.05, 3.63) is 90.0 Å². The number of pyridine rings is 1. The number of hydrogen-bond acceptors (Lipinski definition) is 5. The zero-order valence-corrected chi connectivity index (χ0v) is 18.0. The fraction of sp³-hybridized carbons (Fsp3) is 0.120. The molecule has 0 bridgehead atoms. The number of hydrogen-bond donors (Lipinski definition) is 1. The van der Waals surface area contributed by atoms with Crippen molar-refractivity contribution in [2.24, 2.45) is 0 Å². The van der Waals surface area contributed by atoms with E-state index >= 15 is 0 Å². The Morgan fingerprint density at radius 3 is 2.32 bits per heavy atom. The van der Waals surface area contributed by atoms with E-state index in [1.807, 2.05) is 49.4 Å². The van der Waals surface area contributed by atoms with Gasteiger partial charge in [-0.05, 0) is 48.9 Å². The normalized spacial score (nSPS) is 11.6. The lowest BCUT2D eigenvalue weighted by Gasteiger charge is -2.08. The number of fused-ring (bicyclic) bond motifs is 1. The number of halogens is 3. The number of aryl methyl sites for hydroxylation is 1. The van der Waals surface area contributed by atoms with E-state index in [0.29, 0.717) is 35.0 Å². The lowest BCUT2D eigenvalue weighted by atomic mass is 10.1. The Bertz CT molecular complexity index is 1460. The largest absolute Gasteiger partial charge is 0.573 e. The van der Waals surface area contributed by atoms with Gasteiger partial charge in [0.15, 0.2) is 0 Å². The SMILES string of the molecule is Cc1cccc(-c2[nH]c(Cc3ccc(OC(F)(F)F)cc3)nc2-c2cnc3ccccc3n2)n1. The molecule has 5 aromatic rings. The minimum Gasteiger partial charge on any atom is -0.406 e. The van der Waals surface area contributed by atoms with Crippen LogP contribution in [0.25, 0.3) is 33.8 Å². The first kappa shape index (κ1) is 21.6. The van der Waals surface area contributed by atoms with Crippen molar-refractivity contribution in [3.8, 4) is 28.5 Å². The van der Waals surface area contributed by atoms with Gasteiger partial charge in [-0.25, -0.2) is 9.97 Å². The summed E-state index contributed by atoms with van der Waals surface area (Å²) < 4.78 is 41.2. The summed E-state index contributed by atoms with van der Waals surface area (Å²) in [6.45, 7) is 1.90. The van der Waals surface area contributed by atoms with Crippen molar-refractivity contribution >= 4 is 11.0 Å². The summed E-state index contributed by atoms with van der Waals surface area (Å²) in [7, 11) is 0. The minimum atomic E-state index is -4.73. The molecule has 2 aromatic carbocycles. The second kappa shape index (κ2) is 8.58. The summed E-state index contributed by atoms with van der Waals surface area (Å²) in [6, 6.07) is 19.0. The Balaban J connectivity index is 1.52. The highest BCUT2D eigenvalue weighted by Gasteiger charge is 2.31. The van der Waals surface area contributed by atoms with Crippen LogP contribution in [0.5, 0.6) is 5.75 Å². The van der Waals surface area contributed by atoms with Crippen LogP contribution in [0.15, 0.2) is 72.9 Å². The molecule has 0 spiro atoms. The van der Waals surface area contributed by atoms with Gasteiger partial charge in [0.2, 0.25) is 0 Å². The number of ether oxygens (including phenoxy) is 1. The summed E-state index contributed by atoms with van der Waals surface area (Å²) in [4.78, 5) is 21.9. The molecule has 9 heteroatoms. The third-order valence-corrected chi connectivity index (χ3v) is 5.12. The molecule has 0 saturated carbocycles. The van der Waals surface area contributed by atoms with Crippen LogP contribution < -0.4 is 4.74 Å². The Morgan fingerprint density at radius 2 is 1.59 bits per heavy atom. The number of aromatic amines is 1. The number of imidazole rings is 1. The van der Waals surface area contributed by atoms with E-state index in [1.165, 1.54) is 12.1 Å². The number of nitrogens with one attached hydrogen (secondary N) is 1. The molecule has 170 valence electrons. The number of rotatable bonds is 5. The summed E-state index contributed by atoms with van der Waals surface area (Å²) in [5.74, 6) is 0.347. The number of nitrogens with zero attached hydrogens (tertiary/aromatic N) is 4. The molecule has 0 aliphatic carbocycles. The Labute approximate surface area is 192 Å². The fourth-order valence-corrected chi connectivity index (χ4v) is 3.63. The van der Waals surface area contributed by atoms with Gasteiger partial charge >= 0.3 is 6.36 Å². The molecular weight excluding hydrogens is 443 g/mol. The third kappa shape index (κ3) is 4.73. The number of alkyl halides is 3. The van der Waals surface area contributed by atoms with Crippen LogP contribution in [-0.4, -0.2) is 31.3 Å². The molecule has 0 fully saturated rings. The lowest BCUT2D eigenvalue weighted by Crippen LogP contribution is -2.17. The average molecular weight is 461 g/mol. The van der Waals surface area contributed by atoms with E-state index < -0.39 is 6.36 Å². The molecule has 0 saturated heterocycles. The zero-order valence-electron chi connectivity index (χ0n) is 18.0. The van der Waals surface area contributed by atoms with E-state index in [2.05, 4.69) is 19.7 Å². The molecule has 1 N–H and O–H groups in total. The maximum absolute atomic E-state index is 12.4. The predicted molar refractivity (Wildman–Crippen MR) is 121 cm³/mol. The summed E-state index contributed by atoms with van der Waals surface area (Å²) in [5.41, 5.74) is 5.73. The number of para-hydroxylation sites is 2. The van der Waals surface area contributed by atoms with Crippen LogP contribution >= 0.6 is 0 Å². The van der Waals surface area contributed by atoms with Crippen molar-refractivity contribution in [1.29, 1.82) is 0 Å². The minimum absolute atomic E-state index is 0.271. The van der Waals surface area contributed by atoms with Gasteiger partial charge in [0.25, 0.3) is 0 Å². The van der Waals surface area contributed by atoms with Gasteiger partial charge in [-0.3, -0.25) is 9.97 Å². The van der Waals surface area contributed by atoms with Gasteiger partial charge in [-0.2, -0.15) is 0 Å². The third-order valence-electron chi connectivity index (χ3n) is 5.12. The first-order valence-electron chi connectivity index (χ1n) is 10.4. The van der Waals surface area contributed by atoms with Crippen molar-refractivity contribution in [2.75, 3.05) is 0 Å². The second-order valence-corrected chi connectivity index (χ2v) is 7.68. The van der Waals surface area contributed by atoms with Crippen molar-refractivity contribution in [1.82, 2.24) is 24.9 Å². The van der Waals surface area contributed by atoms with E-state index in [9.17, 15) is 13.2 Å². The Hall–Kier alpha value is -4.27. The van der Waals surface area contributed by atoms with Gasteiger partial charge in [-0.1, -0.05) is 30.3 Å². The molecular formula is C25H18F3N5O. The summed E-state index contributed by atoms with van der Waals surface area (Å²) in [6.07, 6.45) is -2.69. The summed E-state index contributed by atoms with van der Waals surface area (Å²) in [5, 5.41) is 0. The molecule has 0 aliphatic heterocycles. The molecule has 0 amide bonds. The summed E-state index contributed by atoms with van der Waals surface area (Å²) >= 11 is 0. The molecule has 3 heterocycles.